The summed E-state index contributed by atoms with van der Waals surface area (Å²) in [5.74, 6) is -0.574. The van der Waals surface area contributed by atoms with E-state index in [4.69, 9.17) is 9.72 Å². The minimum absolute atomic E-state index is 0.0679. The number of aliphatic hydroxyl groups excluding tert-OH is 1. The Kier molecular flexibility index (Phi) is 15.2. The van der Waals surface area contributed by atoms with Gasteiger partial charge in [0.1, 0.15) is 17.7 Å². The molecule has 0 bridgehead atoms. The molecule has 0 spiro atoms. The zero-order valence-corrected chi connectivity index (χ0v) is 32.3. The molecular formula is C39H51N7O5S2. The number of benzene rings is 2. The van der Waals surface area contributed by atoms with Gasteiger partial charge in [-0.15, -0.1) is 22.7 Å². The lowest BCUT2D eigenvalue weighted by Crippen LogP contribution is -2.55. The summed E-state index contributed by atoms with van der Waals surface area (Å²) in [6, 6.07) is 16.8. The van der Waals surface area contributed by atoms with Crippen LogP contribution in [0, 0.1) is 5.92 Å². The van der Waals surface area contributed by atoms with Gasteiger partial charge in [0.15, 0.2) is 0 Å². The van der Waals surface area contributed by atoms with Crippen molar-refractivity contribution in [3.63, 3.8) is 0 Å². The molecule has 12 nitrogen and oxygen atoms in total. The van der Waals surface area contributed by atoms with Crippen LogP contribution in [0.15, 0.2) is 77.8 Å². The van der Waals surface area contributed by atoms with Crippen molar-refractivity contribution in [3.05, 3.63) is 104 Å². The summed E-state index contributed by atoms with van der Waals surface area (Å²) in [7, 11) is 1.70. The number of aliphatic hydroxyl groups is 1. The Labute approximate surface area is 320 Å². The van der Waals surface area contributed by atoms with Crippen molar-refractivity contribution in [2.75, 3.05) is 20.1 Å². The third kappa shape index (κ3) is 12.9. The molecule has 1 aliphatic heterocycles. The van der Waals surface area contributed by atoms with Gasteiger partial charge < -0.3 is 30.7 Å². The van der Waals surface area contributed by atoms with Crippen LogP contribution in [-0.2, 0) is 42.1 Å². The zero-order chi connectivity index (χ0) is 37.6. The maximum atomic E-state index is 14.0. The predicted octanol–water partition coefficient (Wildman–Crippen LogP) is 5.38. The average molecular weight is 762 g/mol. The average Bonchev–Trinajstić information content (AvgIpc) is 3.95. The molecule has 0 aliphatic carbocycles. The van der Waals surface area contributed by atoms with E-state index in [1.54, 1.807) is 30.1 Å². The minimum Gasteiger partial charge on any atom is -0.444 e. The first-order chi connectivity index (χ1) is 25.6. The Morgan fingerprint density at radius 3 is 2.26 bits per heavy atom. The number of aromatic nitrogens is 2. The first-order valence-electron chi connectivity index (χ1n) is 18.2. The number of carbonyl (C=O) groups is 3. The molecule has 4 aromatic rings. The van der Waals surface area contributed by atoms with Gasteiger partial charge in [-0.2, -0.15) is 0 Å². The SMILES string of the molecule is CC(C)[C@H](NC(=O)N(C)Cc1csc(CN2CCCC2)n1)C(=O)N[C@@H](Cc1ccccc1)C[C@H](O)[C@H](Cc1ccccc1)NC(=O)OCc1cncs1. The van der Waals surface area contributed by atoms with E-state index in [1.165, 1.54) is 29.1 Å². The molecule has 4 amide bonds. The Hall–Kier alpha value is -4.37. The summed E-state index contributed by atoms with van der Waals surface area (Å²) in [5.41, 5.74) is 4.38. The van der Waals surface area contributed by atoms with Crippen molar-refractivity contribution in [1.29, 1.82) is 0 Å². The molecule has 4 N–H and O–H groups in total. The van der Waals surface area contributed by atoms with Crippen LogP contribution >= 0.6 is 22.7 Å². The normalized spacial score (nSPS) is 15.3. The van der Waals surface area contributed by atoms with E-state index >= 15 is 0 Å². The van der Waals surface area contributed by atoms with Gasteiger partial charge in [-0.1, -0.05) is 74.5 Å². The van der Waals surface area contributed by atoms with Crippen molar-refractivity contribution in [2.45, 2.75) is 89.9 Å². The van der Waals surface area contributed by atoms with Crippen LogP contribution in [0.1, 0.15) is 59.8 Å². The molecule has 14 heteroatoms. The Morgan fingerprint density at radius 2 is 1.62 bits per heavy atom. The standard InChI is InChI=1S/C39H51N7O5S2/c1-27(2)36(44-38(49)45(3)22-31-25-52-35(41-31)23-46-16-10-11-17-46)37(48)42-30(18-28-12-6-4-7-13-28)20-34(47)33(19-29-14-8-5-9-15-29)43-39(50)51-24-32-21-40-26-53-32/h4-9,12-15,21,25-27,30,33-34,36,47H,10-11,16-20,22-24H2,1-3H3,(H,42,48)(H,43,50)(H,44,49)/t30-,33-,34-,36-/m0/s1. The van der Waals surface area contributed by atoms with Crippen LogP contribution in [0.3, 0.4) is 0 Å². The highest BCUT2D eigenvalue weighted by atomic mass is 32.1. The third-order valence-electron chi connectivity index (χ3n) is 9.22. The molecule has 0 radical (unpaired) electrons. The Balaban J connectivity index is 1.24. The highest BCUT2D eigenvalue weighted by Gasteiger charge is 2.31. The summed E-state index contributed by atoms with van der Waals surface area (Å²) in [6.45, 7) is 7.17. The number of urea groups is 1. The summed E-state index contributed by atoms with van der Waals surface area (Å²) in [4.78, 5) is 53.8. The number of alkyl carbamates (subject to hydrolysis) is 1. The highest BCUT2D eigenvalue weighted by Crippen LogP contribution is 2.19. The van der Waals surface area contributed by atoms with Crippen molar-refractivity contribution >= 4 is 40.7 Å². The van der Waals surface area contributed by atoms with E-state index in [1.807, 2.05) is 79.9 Å². The topological polar surface area (TPSA) is 149 Å². The molecule has 1 fully saturated rings. The van der Waals surface area contributed by atoms with Crippen LogP contribution in [0.25, 0.3) is 0 Å². The van der Waals surface area contributed by atoms with Gasteiger partial charge in [0, 0.05) is 24.7 Å². The van der Waals surface area contributed by atoms with E-state index in [9.17, 15) is 19.5 Å². The molecular weight excluding hydrogens is 711 g/mol. The number of rotatable bonds is 18. The fourth-order valence-electron chi connectivity index (χ4n) is 6.35. The molecule has 2 aromatic carbocycles. The number of carbonyl (C=O) groups excluding carboxylic acids is 3. The first kappa shape index (κ1) is 39.8. The quantitative estimate of drug-likeness (QED) is 0.106. The van der Waals surface area contributed by atoms with E-state index < -0.39 is 30.3 Å². The molecule has 2 aromatic heterocycles. The van der Waals surface area contributed by atoms with Gasteiger partial charge in [-0.05, 0) is 62.2 Å². The lowest BCUT2D eigenvalue weighted by Gasteiger charge is -2.30. The summed E-state index contributed by atoms with van der Waals surface area (Å²) in [5, 5.41) is 23.7. The number of nitrogens with zero attached hydrogens (tertiary/aromatic N) is 4. The van der Waals surface area contributed by atoms with Crippen LogP contribution in [0.5, 0.6) is 0 Å². The van der Waals surface area contributed by atoms with Crippen molar-refractivity contribution < 1.29 is 24.2 Å². The fraction of sp³-hybridized carbons (Fsp3) is 0.462. The van der Waals surface area contributed by atoms with E-state index in [0.717, 1.165) is 46.3 Å². The molecule has 1 aliphatic rings. The number of thiazole rings is 2. The summed E-state index contributed by atoms with van der Waals surface area (Å²) >= 11 is 2.99. The van der Waals surface area contributed by atoms with Gasteiger partial charge in [0.25, 0.3) is 0 Å². The number of ether oxygens (including phenoxy) is 1. The van der Waals surface area contributed by atoms with Crippen LogP contribution < -0.4 is 16.0 Å². The number of likely N-dealkylation sites (tertiary alicyclic amines) is 1. The molecule has 0 unspecified atom stereocenters. The van der Waals surface area contributed by atoms with Gasteiger partial charge in [0.05, 0.1) is 41.3 Å². The lowest BCUT2D eigenvalue weighted by atomic mass is 9.93. The number of amides is 4. The van der Waals surface area contributed by atoms with E-state index in [0.29, 0.717) is 19.4 Å². The smallest absolute Gasteiger partial charge is 0.407 e. The molecule has 3 heterocycles. The van der Waals surface area contributed by atoms with Gasteiger partial charge in [0.2, 0.25) is 5.91 Å². The van der Waals surface area contributed by atoms with Gasteiger partial charge in [-0.25, -0.2) is 14.6 Å². The number of hydrogen-bond acceptors (Lipinski definition) is 10. The van der Waals surface area contributed by atoms with Gasteiger partial charge in [-0.3, -0.25) is 14.7 Å². The van der Waals surface area contributed by atoms with Crippen molar-refractivity contribution in [3.8, 4) is 0 Å². The third-order valence-corrected chi connectivity index (χ3v) is 10.9. The maximum absolute atomic E-state index is 14.0. The molecule has 0 saturated carbocycles. The van der Waals surface area contributed by atoms with Crippen molar-refractivity contribution in [2.24, 2.45) is 5.92 Å². The Morgan fingerprint density at radius 1 is 0.943 bits per heavy atom. The van der Waals surface area contributed by atoms with Crippen LogP contribution in [0.4, 0.5) is 9.59 Å². The Bertz CT molecular complexity index is 1700. The monoisotopic (exact) mass is 761 g/mol. The highest BCUT2D eigenvalue weighted by molar-refractivity contribution is 7.09. The van der Waals surface area contributed by atoms with Gasteiger partial charge >= 0.3 is 12.1 Å². The second kappa shape index (κ2) is 20.2. The van der Waals surface area contributed by atoms with Crippen LogP contribution in [0.2, 0.25) is 0 Å². The summed E-state index contributed by atoms with van der Waals surface area (Å²) in [6.07, 6.45) is 3.28. The second-order valence-corrected chi connectivity index (χ2v) is 15.8. The van der Waals surface area contributed by atoms with Crippen molar-refractivity contribution in [1.82, 2.24) is 35.7 Å². The molecule has 53 heavy (non-hydrogen) atoms. The second-order valence-electron chi connectivity index (χ2n) is 13.9. The van der Waals surface area contributed by atoms with E-state index in [2.05, 4.69) is 25.8 Å². The first-order valence-corrected chi connectivity index (χ1v) is 19.9. The minimum atomic E-state index is -1.05. The molecule has 4 atom stereocenters. The lowest BCUT2D eigenvalue weighted by molar-refractivity contribution is -0.124. The number of hydrogen-bond donors (Lipinski definition) is 4. The molecule has 5 rings (SSSR count). The molecule has 284 valence electrons. The molecule has 1 saturated heterocycles. The largest absolute Gasteiger partial charge is 0.444 e. The fourth-order valence-corrected chi connectivity index (χ4v) is 7.68. The maximum Gasteiger partial charge on any atom is 0.407 e. The van der Waals surface area contributed by atoms with E-state index in [-0.39, 0.29) is 30.9 Å². The zero-order valence-electron chi connectivity index (χ0n) is 30.6. The van der Waals surface area contributed by atoms with Crippen LogP contribution in [-0.4, -0.2) is 87.3 Å². The number of nitrogens with one attached hydrogen (secondary N) is 3. The summed E-state index contributed by atoms with van der Waals surface area (Å²) < 4.78 is 5.44. The predicted molar refractivity (Wildman–Crippen MR) is 207 cm³/mol.